The maximum Gasteiger partial charge on any atom is 0.326 e. The van der Waals surface area contributed by atoms with Crippen molar-refractivity contribution >= 4 is 42.3 Å². The first-order valence-electron chi connectivity index (χ1n) is 6.78. The molecule has 0 rings (SSSR count). The van der Waals surface area contributed by atoms with Crippen molar-refractivity contribution in [2.75, 3.05) is 5.75 Å². The molecule has 12 heteroatoms. The normalized spacial score (nSPS) is 14.1. The number of thiol groups is 1. The summed E-state index contributed by atoms with van der Waals surface area (Å²) in [7, 11) is 0. The quantitative estimate of drug-likeness (QED) is 0.188. The Balaban J connectivity index is 4.76. The monoisotopic (exact) mass is 364 g/mol. The smallest absolute Gasteiger partial charge is 0.326 e. The van der Waals surface area contributed by atoms with Crippen LogP contribution >= 0.6 is 12.6 Å². The predicted molar refractivity (Wildman–Crippen MR) is 84.0 cm³/mol. The second-order valence-electron chi connectivity index (χ2n) is 4.85. The van der Waals surface area contributed by atoms with Gasteiger partial charge in [-0.05, 0) is 6.42 Å². The molecule has 8 N–H and O–H groups in total. The Morgan fingerprint density at radius 1 is 1.00 bits per heavy atom. The molecule has 11 nitrogen and oxygen atoms in total. The number of carboxylic acids is 2. The molecule has 0 aliphatic heterocycles. The third-order valence-electron chi connectivity index (χ3n) is 2.83. The summed E-state index contributed by atoms with van der Waals surface area (Å²) in [5.41, 5.74) is 10.3. The number of carboxylic acid groups (broad SMARTS) is 2. The predicted octanol–water partition coefficient (Wildman–Crippen LogP) is -2.96. The van der Waals surface area contributed by atoms with Crippen molar-refractivity contribution in [1.82, 2.24) is 10.6 Å². The SMILES string of the molecule is NC(=O)C[C@H](N)C(=O)N[C@@H](CS)C(=O)N[C@@H](CCC(=O)O)C(=O)O. The fraction of sp³-hybridized carbons (Fsp3) is 0.583. The standard InChI is InChI=1S/C12H20N4O7S/c13-5(3-8(14)17)10(20)16-7(4-24)11(21)15-6(12(22)23)1-2-9(18)19/h5-7,24H,1-4,13H2,(H2,14,17)(H,15,21)(H,16,20)(H,18,19)(H,22,23)/t5-,6-,7-/m0/s1. The van der Waals surface area contributed by atoms with Crippen molar-refractivity contribution in [1.29, 1.82) is 0 Å². The molecule has 0 aliphatic carbocycles. The molecule has 0 radical (unpaired) electrons. The van der Waals surface area contributed by atoms with E-state index in [0.29, 0.717) is 0 Å². The number of carbonyl (C=O) groups excluding carboxylic acids is 3. The van der Waals surface area contributed by atoms with Crippen molar-refractivity contribution in [2.24, 2.45) is 11.5 Å². The maximum atomic E-state index is 12.0. The number of nitrogens with one attached hydrogen (secondary N) is 2. The minimum atomic E-state index is -1.44. The van der Waals surface area contributed by atoms with Crippen LogP contribution in [0.2, 0.25) is 0 Å². The minimum Gasteiger partial charge on any atom is -0.481 e. The Kier molecular flexibility index (Phi) is 9.42. The molecule has 0 aromatic carbocycles. The molecule has 0 aromatic heterocycles. The number of hydrogen-bond acceptors (Lipinski definition) is 7. The minimum absolute atomic E-state index is 0.174. The third-order valence-corrected chi connectivity index (χ3v) is 3.20. The van der Waals surface area contributed by atoms with Crippen molar-refractivity contribution < 1.29 is 34.2 Å². The van der Waals surface area contributed by atoms with Gasteiger partial charge in [-0.25, -0.2) is 4.79 Å². The number of hydrogen-bond donors (Lipinski definition) is 7. The van der Waals surface area contributed by atoms with E-state index < -0.39 is 60.6 Å². The Bertz CT molecular complexity index is 514. The van der Waals surface area contributed by atoms with Gasteiger partial charge in [0.2, 0.25) is 17.7 Å². The summed E-state index contributed by atoms with van der Waals surface area (Å²) in [6, 6.07) is -3.92. The zero-order valence-corrected chi connectivity index (χ0v) is 13.5. The molecule has 0 aromatic rings. The molecule has 0 fully saturated rings. The number of nitrogens with two attached hydrogens (primary N) is 2. The summed E-state index contributed by atoms with van der Waals surface area (Å²) < 4.78 is 0. The molecule has 3 amide bonds. The lowest BCUT2D eigenvalue weighted by Crippen LogP contribution is -2.55. The van der Waals surface area contributed by atoms with Gasteiger partial charge in [0, 0.05) is 12.2 Å². The zero-order valence-electron chi connectivity index (χ0n) is 12.6. The Morgan fingerprint density at radius 2 is 1.54 bits per heavy atom. The van der Waals surface area contributed by atoms with Crippen molar-refractivity contribution in [3.8, 4) is 0 Å². The number of amides is 3. The fourth-order valence-corrected chi connectivity index (χ4v) is 1.84. The molecular weight excluding hydrogens is 344 g/mol. The lowest BCUT2D eigenvalue weighted by molar-refractivity contribution is -0.143. The molecular formula is C12H20N4O7S. The van der Waals surface area contributed by atoms with Crippen LogP contribution in [0.25, 0.3) is 0 Å². The van der Waals surface area contributed by atoms with E-state index in [1.165, 1.54) is 0 Å². The van der Waals surface area contributed by atoms with E-state index in [0.717, 1.165) is 0 Å². The summed E-state index contributed by atoms with van der Waals surface area (Å²) in [5, 5.41) is 21.9. The fourth-order valence-electron chi connectivity index (χ4n) is 1.58. The van der Waals surface area contributed by atoms with Crippen LogP contribution in [0.5, 0.6) is 0 Å². The molecule has 24 heavy (non-hydrogen) atoms. The summed E-state index contributed by atoms with van der Waals surface area (Å²) in [6.07, 6.45) is -1.22. The van der Waals surface area contributed by atoms with Crippen LogP contribution in [0.4, 0.5) is 0 Å². The van der Waals surface area contributed by atoms with Gasteiger partial charge in [-0.3, -0.25) is 19.2 Å². The summed E-state index contributed by atoms with van der Waals surface area (Å²) >= 11 is 3.88. The van der Waals surface area contributed by atoms with E-state index in [2.05, 4.69) is 23.3 Å². The molecule has 0 bridgehead atoms. The van der Waals surface area contributed by atoms with Crippen molar-refractivity contribution in [3.05, 3.63) is 0 Å². The van der Waals surface area contributed by atoms with E-state index in [1.54, 1.807) is 0 Å². The number of carbonyl (C=O) groups is 5. The molecule has 0 spiro atoms. The summed E-state index contributed by atoms with van der Waals surface area (Å²) in [4.78, 5) is 55.9. The van der Waals surface area contributed by atoms with E-state index in [9.17, 15) is 24.0 Å². The van der Waals surface area contributed by atoms with Crippen LogP contribution in [0, 0.1) is 0 Å². The zero-order chi connectivity index (χ0) is 18.9. The Labute approximate surface area is 142 Å². The van der Waals surface area contributed by atoms with Crippen LogP contribution in [-0.4, -0.2) is 63.8 Å². The van der Waals surface area contributed by atoms with Crippen LogP contribution < -0.4 is 22.1 Å². The average molecular weight is 364 g/mol. The van der Waals surface area contributed by atoms with Crippen molar-refractivity contribution in [3.63, 3.8) is 0 Å². The van der Waals surface area contributed by atoms with Gasteiger partial charge in [0.25, 0.3) is 0 Å². The highest BCUT2D eigenvalue weighted by Gasteiger charge is 2.27. The molecule has 0 saturated carbocycles. The Morgan fingerprint density at radius 3 is 1.96 bits per heavy atom. The van der Waals surface area contributed by atoms with E-state index in [4.69, 9.17) is 21.7 Å². The van der Waals surface area contributed by atoms with Gasteiger partial charge in [-0.2, -0.15) is 12.6 Å². The van der Waals surface area contributed by atoms with E-state index in [-0.39, 0.29) is 12.2 Å². The maximum absolute atomic E-state index is 12.0. The lowest BCUT2D eigenvalue weighted by Gasteiger charge is -2.21. The molecule has 0 saturated heterocycles. The first kappa shape index (κ1) is 21.7. The van der Waals surface area contributed by atoms with Gasteiger partial charge in [0.1, 0.15) is 12.1 Å². The van der Waals surface area contributed by atoms with E-state index >= 15 is 0 Å². The Hall–Kier alpha value is -2.34. The van der Waals surface area contributed by atoms with Crippen molar-refractivity contribution in [2.45, 2.75) is 37.4 Å². The molecule has 3 atom stereocenters. The lowest BCUT2D eigenvalue weighted by atomic mass is 10.1. The second kappa shape index (κ2) is 10.4. The van der Waals surface area contributed by atoms with Gasteiger partial charge < -0.3 is 32.3 Å². The van der Waals surface area contributed by atoms with Crippen LogP contribution in [0.3, 0.4) is 0 Å². The highest BCUT2D eigenvalue weighted by Crippen LogP contribution is 2.00. The van der Waals surface area contributed by atoms with Crippen LogP contribution in [0.1, 0.15) is 19.3 Å². The van der Waals surface area contributed by atoms with Crippen LogP contribution in [-0.2, 0) is 24.0 Å². The number of primary amides is 1. The van der Waals surface area contributed by atoms with Gasteiger partial charge >= 0.3 is 11.9 Å². The molecule has 0 heterocycles. The number of aliphatic carboxylic acids is 2. The van der Waals surface area contributed by atoms with Gasteiger partial charge in [0.05, 0.1) is 12.5 Å². The van der Waals surface area contributed by atoms with Gasteiger partial charge in [0.15, 0.2) is 0 Å². The topological polar surface area (TPSA) is 202 Å². The first-order valence-corrected chi connectivity index (χ1v) is 7.41. The van der Waals surface area contributed by atoms with Gasteiger partial charge in [-0.15, -0.1) is 0 Å². The first-order chi connectivity index (χ1) is 11.1. The highest BCUT2D eigenvalue weighted by atomic mass is 32.1. The van der Waals surface area contributed by atoms with Crippen LogP contribution in [0.15, 0.2) is 0 Å². The van der Waals surface area contributed by atoms with Gasteiger partial charge in [-0.1, -0.05) is 0 Å². The average Bonchev–Trinajstić information content (AvgIpc) is 2.47. The third kappa shape index (κ3) is 8.33. The molecule has 136 valence electrons. The molecule has 0 aliphatic rings. The largest absolute Gasteiger partial charge is 0.481 e. The number of rotatable bonds is 11. The second-order valence-corrected chi connectivity index (χ2v) is 5.22. The molecule has 0 unspecified atom stereocenters. The summed E-state index contributed by atoms with van der Waals surface area (Å²) in [6.45, 7) is 0. The summed E-state index contributed by atoms with van der Waals surface area (Å²) in [5.74, 6) is -5.32. The van der Waals surface area contributed by atoms with E-state index in [1.807, 2.05) is 0 Å². The highest BCUT2D eigenvalue weighted by molar-refractivity contribution is 7.80.